The molecule has 2 rings (SSSR count). The molecule has 1 N–H and O–H groups in total. The Labute approximate surface area is 92.7 Å². The number of fused-ring (bicyclic) bond motifs is 1. The molecule has 5 heteroatoms. The Balaban J connectivity index is 2.62. The Hall–Kier alpha value is -2.35. The van der Waals surface area contributed by atoms with Crippen molar-refractivity contribution in [2.24, 2.45) is 0 Å². The van der Waals surface area contributed by atoms with E-state index in [2.05, 4.69) is 15.3 Å². The zero-order valence-electron chi connectivity index (χ0n) is 8.98. The van der Waals surface area contributed by atoms with Crippen LogP contribution < -0.4 is 10.1 Å². The Morgan fingerprint density at radius 3 is 2.88 bits per heavy atom. The third-order valence-electron chi connectivity index (χ3n) is 2.26. The first-order valence-electron chi connectivity index (χ1n) is 4.72. The van der Waals surface area contributed by atoms with Gasteiger partial charge in [0, 0.05) is 5.39 Å². The van der Waals surface area contributed by atoms with E-state index < -0.39 is 0 Å². The van der Waals surface area contributed by atoms with Gasteiger partial charge >= 0.3 is 0 Å². The van der Waals surface area contributed by atoms with E-state index in [9.17, 15) is 0 Å². The maximum atomic E-state index is 8.50. The first kappa shape index (κ1) is 10.2. The quantitative estimate of drug-likeness (QED) is 0.610. The molecule has 5 nitrogen and oxygen atoms in total. The molecular formula is C11H10N4O. The summed E-state index contributed by atoms with van der Waals surface area (Å²) < 4.78 is 5.13. The lowest BCUT2D eigenvalue weighted by atomic mass is 10.2. The Morgan fingerprint density at radius 2 is 2.19 bits per heavy atom. The molecule has 0 spiro atoms. The monoisotopic (exact) mass is 214 g/mol. The second kappa shape index (κ2) is 4.03. The van der Waals surface area contributed by atoms with Crippen molar-refractivity contribution in [1.82, 2.24) is 9.97 Å². The Bertz CT molecular complexity index is 574. The van der Waals surface area contributed by atoms with Crippen LogP contribution in [0.25, 0.3) is 10.9 Å². The van der Waals surface area contributed by atoms with Gasteiger partial charge in [-0.3, -0.25) is 5.32 Å². The molecule has 1 aromatic carbocycles. The second-order valence-corrected chi connectivity index (χ2v) is 3.25. The van der Waals surface area contributed by atoms with E-state index in [4.69, 9.17) is 10.00 Å². The van der Waals surface area contributed by atoms with Crippen molar-refractivity contribution in [3.63, 3.8) is 0 Å². The molecule has 0 aliphatic carbocycles. The summed E-state index contributed by atoms with van der Waals surface area (Å²) in [4.78, 5) is 8.37. The molecular weight excluding hydrogens is 204 g/mol. The van der Waals surface area contributed by atoms with Gasteiger partial charge in [0.05, 0.1) is 18.3 Å². The highest BCUT2D eigenvalue weighted by Gasteiger charge is 2.05. The molecule has 0 unspecified atom stereocenters. The number of rotatable bonds is 2. The maximum absolute atomic E-state index is 8.50. The first-order chi connectivity index (χ1) is 7.74. The summed E-state index contributed by atoms with van der Waals surface area (Å²) in [5.74, 6) is 1.08. The first-order valence-corrected chi connectivity index (χ1v) is 4.72. The van der Waals surface area contributed by atoms with Crippen LogP contribution in [0.3, 0.4) is 0 Å². The van der Waals surface area contributed by atoms with Crippen LogP contribution >= 0.6 is 0 Å². The molecule has 0 radical (unpaired) electrons. The van der Waals surface area contributed by atoms with Crippen LogP contribution in [0.2, 0.25) is 0 Å². The van der Waals surface area contributed by atoms with Gasteiger partial charge in [0.1, 0.15) is 5.75 Å². The predicted octanol–water partition coefficient (Wildman–Crippen LogP) is 1.84. The van der Waals surface area contributed by atoms with Gasteiger partial charge in [-0.25, -0.2) is 9.97 Å². The van der Waals surface area contributed by atoms with Crippen LogP contribution in [-0.4, -0.2) is 17.1 Å². The summed E-state index contributed by atoms with van der Waals surface area (Å²) in [6.45, 7) is 1.87. The highest BCUT2D eigenvalue weighted by molar-refractivity contribution is 5.83. The lowest BCUT2D eigenvalue weighted by molar-refractivity contribution is 0.415. The molecule has 0 amide bonds. The van der Waals surface area contributed by atoms with Crippen LogP contribution in [0.15, 0.2) is 18.2 Å². The summed E-state index contributed by atoms with van der Waals surface area (Å²) in [6.07, 6.45) is 1.80. The molecule has 0 saturated heterocycles. The molecule has 0 saturated carbocycles. The van der Waals surface area contributed by atoms with Crippen LogP contribution in [0.5, 0.6) is 5.75 Å². The average Bonchev–Trinajstić information content (AvgIpc) is 2.29. The number of nitrogens with zero attached hydrogens (tertiary/aromatic N) is 3. The SMILES string of the molecule is COc1ccc2nc(NC#N)nc(C)c2c1. The van der Waals surface area contributed by atoms with E-state index in [0.717, 1.165) is 22.3 Å². The van der Waals surface area contributed by atoms with Crippen LogP contribution in [0.4, 0.5) is 5.95 Å². The largest absolute Gasteiger partial charge is 0.497 e. The Kier molecular flexibility index (Phi) is 2.56. The van der Waals surface area contributed by atoms with E-state index >= 15 is 0 Å². The minimum atomic E-state index is 0.317. The zero-order valence-corrected chi connectivity index (χ0v) is 8.98. The van der Waals surface area contributed by atoms with Gasteiger partial charge in [-0.2, -0.15) is 5.26 Å². The topological polar surface area (TPSA) is 70.8 Å². The minimum Gasteiger partial charge on any atom is -0.497 e. The molecule has 2 aromatic rings. The molecule has 0 aliphatic heterocycles. The highest BCUT2D eigenvalue weighted by atomic mass is 16.5. The molecule has 0 atom stereocenters. The number of ether oxygens (including phenoxy) is 1. The molecule has 1 aromatic heterocycles. The summed E-state index contributed by atoms with van der Waals surface area (Å²) in [5, 5.41) is 11.8. The van der Waals surface area contributed by atoms with Gasteiger partial charge in [-0.15, -0.1) is 0 Å². The third kappa shape index (κ3) is 1.73. The summed E-state index contributed by atoms with van der Waals surface area (Å²) in [6, 6.07) is 5.54. The molecule has 16 heavy (non-hydrogen) atoms. The van der Waals surface area contributed by atoms with Gasteiger partial charge < -0.3 is 4.74 Å². The zero-order chi connectivity index (χ0) is 11.5. The fourth-order valence-electron chi connectivity index (χ4n) is 1.49. The lowest BCUT2D eigenvalue weighted by Crippen LogP contribution is -1.98. The summed E-state index contributed by atoms with van der Waals surface area (Å²) >= 11 is 0. The highest BCUT2D eigenvalue weighted by Crippen LogP contribution is 2.22. The van der Waals surface area contributed by atoms with Crippen molar-refractivity contribution in [2.45, 2.75) is 6.92 Å². The number of aromatic nitrogens is 2. The standard InChI is InChI=1S/C11H10N4O/c1-7-9-5-8(16-2)3-4-10(9)15-11(14-7)13-6-12/h3-5H,1-2H3,(H,13,14,15). The lowest BCUT2D eigenvalue weighted by Gasteiger charge is -2.05. The average molecular weight is 214 g/mol. The summed E-state index contributed by atoms with van der Waals surface area (Å²) in [5.41, 5.74) is 1.59. The van der Waals surface area contributed by atoms with Gasteiger partial charge in [0.15, 0.2) is 6.19 Å². The maximum Gasteiger partial charge on any atom is 0.236 e. The minimum absolute atomic E-state index is 0.317. The number of hydrogen-bond acceptors (Lipinski definition) is 5. The smallest absolute Gasteiger partial charge is 0.236 e. The van der Waals surface area contributed by atoms with E-state index in [1.807, 2.05) is 25.1 Å². The molecule has 1 heterocycles. The van der Waals surface area contributed by atoms with Crippen molar-refractivity contribution in [2.75, 3.05) is 12.4 Å². The van der Waals surface area contributed by atoms with E-state index in [1.54, 1.807) is 13.3 Å². The number of methoxy groups -OCH3 is 1. The van der Waals surface area contributed by atoms with Gasteiger partial charge in [-0.05, 0) is 25.1 Å². The fraction of sp³-hybridized carbons (Fsp3) is 0.182. The Morgan fingerprint density at radius 1 is 1.38 bits per heavy atom. The van der Waals surface area contributed by atoms with Crippen molar-refractivity contribution in [3.05, 3.63) is 23.9 Å². The van der Waals surface area contributed by atoms with Crippen LogP contribution in [0.1, 0.15) is 5.69 Å². The number of nitriles is 1. The van der Waals surface area contributed by atoms with Gasteiger partial charge in [0.25, 0.3) is 0 Å². The number of aryl methyl sites for hydroxylation is 1. The van der Waals surface area contributed by atoms with E-state index in [0.29, 0.717) is 5.95 Å². The number of anilines is 1. The number of nitrogens with one attached hydrogen (secondary N) is 1. The molecule has 0 aliphatic rings. The van der Waals surface area contributed by atoms with Crippen molar-refractivity contribution in [3.8, 4) is 11.9 Å². The van der Waals surface area contributed by atoms with Gasteiger partial charge in [0.2, 0.25) is 5.95 Å². The van der Waals surface area contributed by atoms with Crippen LogP contribution in [-0.2, 0) is 0 Å². The third-order valence-corrected chi connectivity index (χ3v) is 2.26. The van der Waals surface area contributed by atoms with Crippen molar-refractivity contribution in [1.29, 1.82) is 5.26 Å². The second-order valence-electron chi connectivity index (χ2n) is 3.25. The molecule has 80 valence electrons. The summed E-state index contributed by atoms with van der Waals surface area (Å²) in [7, 11) is 1.61. The van der Waals surface area contributed by atoms with Gasteiger partial charge in [-0.1, -0.05) is 0 Å². The number of benzene rings is 1. The number of hydrogen-bond donors (Lipinski definition) is 1. The predicted molar refractivity (Wildman–Crippen MR) is 60.1 cm³/mol. The van der Waals surface area contributed by atoms with Crippen LogP contribution in [0, 0.1) is 18.4 Å². The molecule has 0 fully saturated rings. The van der Waals surface area contributed by atoms with E-state index in [-0.39, 0.29) is 0 Å². The molecule has 0 bridgehead atoms. The normalized spacial score (nSPS) is 9.81. The van der Waals surface area contributed by atoms with Crippen molar-refractivity contribution >= 4 is 16.9 Å². The van der Waals surface area contributed by atoms with E-state index in [1.165, 1.54) is 0 Å². The van der Waals surface area contributed by atoms with Crippen molar-refractivity contribution < 1.29 is 4.74 Å². The fourth-order valence-corrected chi connectivity index (χ4v) is 1.49.